The summed E-state index contributed by atoms with van der Waals surface area (Å²) in [4.78, 5) is 24.2. The van der Waals surface area contributed by atoms with Gasteiger partial charge in [0.05, 0.1) is 5.69 Å². The van der Waals surface area contributed by atoms with Crippen molar-refractivity contribution in [3.8, 4) is 17.0 Å². The Morgan fingerprint density at radius 3 is 2.63 bits per heavy atom. The molecule has 0 fully saturated rings. The van der Waals surface area contributed by atoms with E-state index in [4.69, 9.17) is 0 Å². The van der Waals surface area contributed by atoms with E-state index >= 15 is 0 Å². The van der Waals surface area contributed by atoms with Crippen molar-refractivity contribution in [1.82, 2.24) is 15.0 Å². The highest BCUT2D eigenvalue weighted by Gasteiger charge is 2.32. The van der Waals surface area contributed by atoms with E-state index in [1.807, 2.05) is 0 Å². The predicted molar refractivity (Wildman–Crippen MR) is 93.7 cm³/mol. The van der Waals surface area contributed by atoms with Crippen molar-refractivity contribution in [2.75, 3.05) is 5.32 Å². The first-order valence-electron chi connectivity index (χ1n) is 7.63. The largest absolute Gasteiger partial charge is 0.574 e. The van der Waals surface area contributed by atoms with Gasteiger partial charge in [-0.3, -0.25) is 15.1 Å². The van der Waals surface area contributed by atoms with Crippen LogP contribution in [0.1, 0.15) is 21.7 Å². The van der Waals surface area contributed by atoms with E-state index in [-0.39, 0.29) is 5.69 Å². The maximum absolute atomic E-state index is 12.7. The van der Waals surface area contributed by atoms with Gasteiger partial charge in [0, 0.05) is 29.4 Å². The van der Waals surface area contributed by atoms with Gasteiger partial charge in [-0.2, -0.15) is 0 Å². The topological polar surface area (TPSA) is 77.0 Å². The standard InChI is InChI=1S/C17H13F3N4O2S/c1-9-3-4-21-7-12(9)11-5-13(23-14(6-11)26-17(18,19)20)15(25)24-16-22-10(2)8-27-16/h3-8H,1-2H3,(H,22,24,25). The number of pyridine rings is 2. The smallest absolute Gasteiger partial charge is 0.388 e. The van der Waals surface area contributed by atoms with E-state index in [0.29, 0.717) is 22.0 Å². The van der Waals surface area contributed by atoms with Gasteiger partial charge in [0.1, 0.15) is 5.69 Å². The summed E-state index contributed by atoms with van der Waals surface area (Å²) in [5.41, 5.74) is 2.14. The zero-order valence-corrected chi connectivity index (χ0v) is 15.0. The van der Waals surface area contributed by atoms with Crippen LogP contribution in [0, 0.1) is 13.8 Å². The number of rotatable bonds is 4. The van der Waals surface area contributed by atoms with Crippen molar-refractivity contribution < 1.29 is 22.7 Å². The number of aromatic nitrogens is 3. The second-order valence-electron chi connectivity index (χ2n) is 5.57. The molecule has 0 saturated heterocycles. The number of halogens is 3. The van der Waals surface area contributed by atoms with Gasteiger partial charge in [-0.1, -0.05) is 0 Å². The van der Waals surface area contributed by atoms with Crippen LogP contribution in [-0.4, -0.2) is 27.2 Å². The molecule has 3 aromatic rings. The summed E-state index contributed by atoms with van der Waals surface area (Å²) in [5, 5.41) is 4.57. The van der Waals surface area contributed by atoms with Crippen LogP contribution in [0.3, 0.4) is 0 Å². The monoisotopic (exact) mass is 394 g/mol. The molecular weight excluding hydrogens is 381 g/mol. The molecule has 3 heterocycles. The molecule has 0 aromatic carbocycles. The highest BCUT2D eigenvalue weighted by atomic mass is 32.1. The summed E-state index contributed by atoms with van der Waals surface area (Å²) in [6.45, 7) is 3.53. The zero-order chi connectivity index (χ0) is 19.6. The molecule has 3 rings (SSSR count). The van der Waals surface area contributed by atoms with Crippen LogP contribution in [0.25, 0.3) is 11.1 Å². The first-order valence-corrected chi connectivity index (χ1v) is 8.51. The van der Waals surface area contributed by atoms with Crippen molar-refractivity contribution in [3.63, 3.8) is 0 Å². The number of nitrogens with one attached hydrogen (secondary N) is 1. The second kappa shape index (κ2) is 7.31. The normalized spacial score (nSPS) is 11.3. The number of alkyl halides is 3. The highest BCUT2D eigenvalue weighted by molar-refractivity contribution is 7.13. The van der Waals surface area contributed by atoms with Crippen molar-refractivity contribution in [1.29, 1.82) is 0 Å². The lowest BCUT2D eigenvalue weighted by molar-refractivity contribution is -0.276. The lowest BCUT2D eigenvalue weighted by Gasteiger charge is -2.12. The molecule has 0 aliphatic heterocycles. The average Bonchev–Trinajstić information content (AvgIpc) is 2.98. The lowest BCUT2D eigenvalue weighted by Crippen LogP contribution is -2.20. The fourth-order valence-corrected chi connectivity index (χ4v) is 2.97. The molecule has 0 radical (unpaired) electrons. The fourth-order valence-electron chi connectivity index (χ4n) is 2.29. The Morgan fingerprint density at radius 2 is 2.00 bits per heavy atom. The zero-order valence-electron chi connectivity index (χ0n) is 14.2. The quantitative estimate of drug-likeness (QED) is 0.711. The Kier molecular flexibility index (Phi) is 5.08. The molecule has 0 atom stereocenters. The highest BCUT2D eigenvalue weighted by Crippen LogP contribution is 2.29. The average molecular weight is 394 g/mol. The lowest BCUT2D eigenvalue weighted by atomic mass is 10.0. The van der Waals surface area contributed by atoms with Crippen molar-refractivity contribution >= 4 is 22.4 Å². The second-order valence-corrected chi connectivity index (χ2v) is 6.42. The third kappa shape index (κ3) is 4.79. The maximum atomic E-state index is 12.7. The minimum atomic E-state index is -4.93. The van der Waals surface area contributed by atoms with Crippen LogP contribution in [0.15, 0.2) is 36.0 Å². The summed E-state index contributed by atoms with van der Waals surface area (Å²) in [6.07, 6.45) is -1.88. The first kappa shape index (κ1) is 18.8. The number of carbonyl (C=O) groups is 1. The van der Waals surface area contributed by atoms with Gasteiger partial charge in [-0.05, 0) is 37.1 Å². The fraction of sp³-hybridized carbons (Fsp3) is 0.176. The van der Waals surface area contributed by atoms with Gasteiger partial charge in [-0.15, -0.1) is 24.5 Å². The van der Waals surface area contributed by atoms with Crippen LogP contribution < -0.4 is 10.1 Å². The molecule has 0 saturated carbocycles. The van der Waals surface area contributed by atoms with Gasteiger partial charge in [-0.25, -0.2) is 9.97 Å². The Bertz CT molecular complexity index is 988. The molecule has 6 nitrogen and oxygen atoms in total. The van der Waals surface area contributed by atoms with E-state index < -0.39 is 18.1 Å². The molecule has 0 aliphatic rings. The Hall–Kier alpha value is -3.01. The van der Waals surface area contributed by atoms with Gasteiger partial charge in [0.2, 0.25) is 5.88 Å². The number of hydrogen-bond donors (Lipinski definition) is 1. The number of carbonyl (C=O) groups excluding carboxylic acids is 1. The predicted octanol–water partition coefficient (Wildman–Crippen LogP) is 4.37. The maximum Gasteiger partial charge on any atom is 0.574 e. The minimum Gasteiger partial charge on any atom is -0.388 e. The van der Waals surface area contributed by atoms with E-state index in [2.05, 4.69) is 25.0 Å². The number of thiazole rings is 1. The molecule has 0 aliphatic carbocycles. The van der Waals surface area contributed by atoms with E-state index in [1.165, 1.54) is 23.6 Å². The Labute approximate surface area is 156 Å². The molecule has 0 bridgehead atoms. The van der Waals surface area contributed by atoms with Gasteiger partial charge >= 0.3 is 6.36 Å². The van der Waals surface area contributed by atoms with Crippen LogP contribution in [-0.2, 0) is 0 Å². The molecule has 27 heavy (non-hydrogen) atoms. The van der Waals surface area contributed by atoms with E-state index in [0.717, 1.165) is 11.6 Å². The number of aryl methyl sites for hydroxylation is 2. The van der Waals surface area contributed by atoms with Crippen LogP contribution >= 0.6 is 11.3 Å². The third-order valence-electron chi connectivity index (χ3n) is 3.44. The van der Waals surface area contributed by atoms with Crippen molar-refractivity contribution in [2.24, 2.45) is 0 Å². The summed E-state index contributed by atoms with van der Waals surface area (Å²) >= 11 is 1.20. The SMILES string of the molecule is Cc1csc(NC(=O)c2cc(-c3cnccc3C)cc(OC(F)(F)F)n2)n1. The van der Waals surface area contributed by atoms with Gasteiger partial charge in [0.15, 0.2) is 5.13 Å². The molecule has 140 valence electrons. The summed E-state index contributed by atoms with van der Waals surface area (Å²) in [5.74, 6) is -1.43. The Balaban J connectivity index is 2.01. The molecule has 1 amide bonds. The Morgan fingerprint density at radius 1 is 1.22 bits per heavy atom. The molecule has 0 unspecified atom stereocenters. The van der Waals surface area contributed by atoms with Crippen molar-refractivity contribution in [2.45, 2.75) is 20.2 Å². The number of nitrogens with zero attached hydrogens (tertiary/aromatic N) is 3. The summed E-state index contributed by atoms with van der Waals surface area (Å²) < 4.78 is 41.9. The van der Waals surface area contributed by atoms with Crippen LogP contribution in [0.4, 0.5) is 18.3 Å². The summed E-state index contributed by atoms with van der Waals surface area (Å²) in [7, 11) is 0. The third-order valence-corrected chi connectivity index (χ3v) is 4.32. The number of amides is 1. The first-order chi connectivity index (χ1) is 12.7. The van der Waals surface area contributed by atoms with Gasteiger partial charge in [0.25, 0.3) is 5.91 Å². The van der Waals surface area contributed by atoms with Gasteiger partial charge < -0.3 is 4.74 Å². The molecule has 0 spiro atoms. The van der Waals surface area contributed by atoms with Crippen LogP contribution in [0.2, 0.25) is 0 Å². The van der Waals surface area contributed by atoms with E-state index in [9.17, 15) is 18.0 Å². The van der Waals surface area contributed by atoms with Crippen molar-refractivity contribution in [3.05, 3.63) is 52.9 Å². The molecule has 10 heteroatoms. The molecule has 1 N–H and O–H groups in total. The number of anilines is 1. The number of ether oxygens (including phenoxy) is 1. The van der Waals surface area contributed by atoms with Crippen LogP contribution in [0.5, 0.6) is 5.88 Å². The minimum absolute atomic E-state index is 0.233. The summed E-state index contributed by atoms with van der Waals surface area (Å²) in [6, 6.07) is 4.20. The molecular formula is C17H13F3N4O2S. The molecule has 3 aromatic heterocycles. The van der Waals surface area contributed by atoms with E-state index in [1.54, 1.807) is 31.5 Å². The number of hydrogen-bond acceptors (Lipinski definition) is 6.